The lowest BCUT2D eigenvalue weighted by atomic mass is 9.33. The molecule has 0 spiro atoms. The highest BCUT2D eigenvalue weighted by Gasteiger charge is 2.71. The fraction of sp³-hybridized carbons (Fsp3) is 0.917. The second kappa shape index (κ2) is 10.5. The van der Waals surface area contributed by atoms with Crippen LogP contribution in [0.4, 0.5) is 0 Å². The van der Waals surface area contributed by atoms with E-state index in [0.29, 0.717) is 25.7 Å². The van der Waals surface area contributed by atoms with E-state index in [9.17, 15) is 35.4 Å². The molecule has 5 aliphatic carbocycles. The van der Waals surface area contributed by atoms with Crippen molar-refractivity contribution in [2.24, 2.45) is 50.2 Å². The first-order valence-electron chi connectivity index (χ1n) is 17.3. The summed E-state index contributed by atoms with van der Waals surface area (Å²) in [5, 5.41) is 65.6. The fourth-order valence-electron chi connectivity index (χ4n) is 12.3. The van der Waals surface area contributed by atoms with Gasteiger partial charge in [0.15, 0.2) is 6.29 Å². The van der Waals surface area contributed by atoms with Crippen molar-refractivity contribution in [2.45, 2.75) is 156 Å². The summed E-state index contributed by atoms with van der Waals surface area (Å²) >= 11 is 0. The highest BCUT2D eigenvalue weighted by atomic mass is 16.7. The summed E-state index contributed by atoms with van der Waals surface area (Å²) in [5.74, 6) is -0.777. The molecular weight excluding hydrogens is 576 g/mol. The van der Waals surface area contributed by atoms with Gasteiger partial charge in [-0.3, -0.25) is 4.79 Å². The Morgan fingerprint density at radius 2 is 1.51 bits per heavy atom. The Morgan fingerprint density at radius 3 is 2.16 bits per heavy atom. The Morgan fingerprint density at radius 1 is 0.867 bits per heavy atom. The molecule has 1 aliphatic heterocycles. The van der Waals surface area contributed by atoms with E-state index in [4.69, 9.17) is 9.47 Å². The largest absolute Gasteiger partial charge is 0.481 e. The molecule has 0 amide bonds. The molecule has 9 nitrogen and oxygen atoms in total. The number of allylic oxidation sites excluding steroid dienone is 1. The number of ether oxygens (including phenoxy) is 2. The van der Waals surface area contributed by atoms with E-state index < -0.39 is 71.7 Å². The van der Waals surface area contributed by atoms with E-state index in [0.717, 1.165) is 31.3 Å². The number of fused-ring (bicyclic) bond motifs is 7. The molecule has 0 aromatic rings. The molecule has 1 heterocycles. The van der Waals surface area contributed by atoms with E-state index in [2.05, 4.69) is 54.5 Å². The average Bonchev–Trinajstić information content (AvgIpc) is 2.94. The number of aliphatic carboxylic acids is 1. The quantitative estimate of drug-likeness (QED) is 0.199. The van der Waals surface area contributed by atoms with Crippen molar-refractivity contribution in [1.82, 2.24) is 0 Å². The van der Waals surface area contributed by atoms with Crippen LogP contribution in [0, 0.1) is 50.2 Å². The summed E-state index contributed by atoms with van der Waals surface area (Å²) in [6.45, 7) is 17.1. The second-order valence-corrected chi connectivity index (χ2v) is 18.0. The number of carboxylic acid groups (broad SMARTS) is 1. The highest BCUT2D eigenvalue weighted by molar-refractivity contribution is 5.77. The zero-order chi connectivity index (χ0) is 33.3. The van der Waals surface area contributed by atoms with Gasteiger partial charge in [-0.25, -0.2) is 0 Å². The smallest absolute Gasteiger partial charge is 0.310 e. The van der Waals surface area contributed by atoms with E-state index in [1.807, 2.05) is 0 Å². The minimum absolute atomic E-state index is 0.157. The van der Waals surface area contributed by atoms with E-state index in [1.165, 1.54) is 0 Å². The molecule has 0 unspecified atom stereocenters. The third-order valence-corrected chi connectivity index (χ3v) is 15.3. The normalized spacial score (nSPS) is 55.3. The van der Waals surface area contributed by atoms with Crippen LogP contribution in [-0.2, 0) is 14.3 Å². The van der Waals surface area contributed by atoms with Crippen LogP contribution in [0.5, 0.6) is 0 Å². The summed E-state index contributed by atoms with van der Waals surface area (Å²) in [6, 6.07) is 0. The lowest BCUT2D eigenvalue weighted by molar-refractivity contribution is -0.336. The van der Waals surface area contributed by atoms with Gasteiger partial charge < -0.3 is 40.1 Å². The minimum Gasteiger partial charge on any atom is -0.481 e. The summed E-state index contributed by atoms with van der Waals surface area (Å²) in [6.07, 6.45) is -0.166. The molecule has 4 saturated carbocycles. The van der Waals surface area contributed by atoms with Gasteiger partial charge in [0.1, 0.15) is 18.3 Å². The Bertz CT molecular complexity index is 1230. The van der Waals surface area contributed by atoms with E-state index in [1.54, 1.807) is 6.92 Å². The van der Waals surface area contributed by atoms with Crippen LogP contribution in [0.3, 0.4) is 0 Å². The van der Waals surface area contributed by atoms with Crippen LogP contribution in [-0.4, -0.2) is 85.6 Å². The summed E-state index contributed by atoms with van der Waals surface area (Å²) in [4.78, 5) is 13.0. The van der Waals surface area contributed by atoms with Gasteiger partial charge in [0.25, 0.3) is 0 Å². The van der Waals surface area contributed by atoms with Crippen LogP contribution >= 0.6 is 0 Å². The predicted octanol–water partition coefficient (Wildman–Crippen LogP) is 4.03. The monoisotopic (exact) mass is 634 g/mol. The zero-order valence-electron chi connectivity index (χ0n) is 28.5. The number of aliphatic hydroxyl groups excluding tert-OH is 5. The minimum atomic E-state index is -1.44. The number of carbonyl (C=O) groups is 1. The van der Waals surface area contributed by atoms with Crippen LogP contribution in [0.15, 0.2) is 11.6 Å². The van der Waals surface area contributed by atoms with Gasteiger partial charge in [0, 0.05) is 5.92 Å². The Labute approximate surface area is 268 Å². The van der Waals surface area contributed by atoms with Gasteiger partial charge in [-0.05, 0) is 97.2 Å². The summed E-state index contributed by atoms with van der Waals surface area (Å²) in [7, 11) is 0. The molecule has 5 fully saturated rings. The number of hydrogen-bond donors (Lipinski definition) is 6. The average molecular weight is 635 g/mol. The van der Waals surface area contributed by atoms with Crippen LogP contribution in [0.1, 0.15) is 107 Å². The third kappa shape index (κ3) is 4.39. The Balaban J connectivity index is 1.34. The SMILES string of the molecule is C[C@@H]1O[C@H](O[C@H]2[C@H](O)C[C@]3(C)[C@H]4CC=C5[C@@H]6[C@H](O)C(C)(C)CC[C@]6(C(=O)O)CC[C@@]5(C)[C@]4(C)CC[C@H]3C2(C)C)[C@@H](O)[C@H](O)[C@H]1O. The van der Waals surface area contributed by atoms with Gasteiger partial charge >= 0.3 is 5.97 Å². The highest BCUT2D eigenvalue weighted by Crippen LogP contribution is 2.76. The van der Waals surface area contributed by atoms with E-state index >= 15 is 0 Å². The molecule has 15 atom stereocenters. The molecule has 0 aromatic heterocycles. The fourth-order valence-corrected chi connectivity index (χ4v) is 12.3. The Hall–Kier alpha value is -1.07. The van der Waals surface area contributed by atoms with Gasteiger partial charge in [-0.2, -0.15) is 0 Å². The van der Waals surface area contributed by atoms with Crippen molar-refractivity contribution in [3.05, 3.63) is 11.6 Å². The molecule has 6 N–H and O–H groups in total. The first kappa shape index (κ1) is 33.8. The third-order valence-electron chi connectivity index (χ3n) is 15.3. The number of hydrogen-bond acceptors (Lipinski definition) is 8. The maximum absolute atomic E-state index is 13.0. The maximum atomic E-state index is 13.0. The van der Waals surface area contributed by atoms with Gasteiger partial charge in [-0.1, -0.05) is 60.1 Å². The summed E-state index contributed by atoms with van der Waals surface area (Å²) in [5.41, 5.74) is -1.34. The van der Waals surface area contributed by atoms with Gasteiger partial charge in [0.05, 0.1) is 29.8 Å². The lowest BCUT2D eigenvalue weighted by Crippen LogP contribution is -2.69. The molecule has 9 heteroatoms. The van der Waals surface area contributed by atoms with Crippen molar-refractivity contribution in [2.75, 3.05) is 0 Å². The first-order valence-corrected chi connectivity index (χ1v) is 17.3. The molecule has 0 radical (unpaired) electrons. The number of carboxylic acids is 1. The topological polar surface area (TPSA) is 157 Å². The van der Waals surface area contributed by atoms with Crippen LogP contribution < -0.4 is 0 Å². The molecule has 45 heavy (non-hydrogen) atoms. The number of aliphatic hydroxyl groups is 5. The maximum Gasteiger partial charge on any atom is 0.310 e. The van der Waals surface area contributed by atoms with Crippen LogP contribution in [0.25, 0.3) is 0 Å². The Kier molecular flexibility index (Phi) is 7.86. The first-order chi connectivity index (χ1) is 20.7. The van der Waals surface area contributed by atoms with Crippen molar-refractivity contribution in [3.8, 4) is 0 Å². The van der Waals surface area contributed by atoms with Gasteiger partial charge in [0.2, 0.25) is 0 Å². The second-order valence-electron chi connectivity index (χ2n) is 18.0. The predicted molar refractivity (Wildman–Crippen MR) is 167 cm³/mol. The summed E-state index contributed by atoms with van der Waals surface area (Å²) < 4.78 is 12.1. The molecule has 6 rings (SSSR count). The zero-order valence-corrected chi connectivity index (χ0v) is 28.5. The molecule has 0 bridgehead atoms. The molecular formula is C36H58O9. The van der Waals surface area contributed by atoms with Crippen molar-refractivity contribution in [3.63, 3.8) is 0 Å². The van der Waals surface area contributed by atoms with Crippen molar-refractivity contribution >= 4 is 5.97 Å². The molecule has 6 aliphatic rings. The van der Waals surface area contributed by atoms with E-state index in [-0.39, 0.29) is 33.5 Å². The van der Waals surface area contributed by atoms with Crippen LogP contribution in [0.2, 0.25) is 0 Å². The molecule has 256 valence electrons. The standard InChI is InChI=1S/C36H58O9/c1-18-24(38)25(39)26(40)29(44-18)45-28-20(37)17-33(6)21(32(28,4)5)11-12-35(8)22(33)10-9-19-23-27(41)31(2,3)13-15-36(23,30(42)43)16-14-34(19,35)7/h9,18,20-29,37-41H,10-17H2,1-8H3,(H,42,43)/t18-,20+,21-,22+,23+,24-,25+,26-,27-,28-,29+,33-,34+,35+,36-/m0/s1. The lowest BCUT2D eigenvalue weighted by Gasteiger charge is -2.72. The van der Waals surface area contributed by atoms with Crippen molar-refractivity contribution in [1.29, 1.82) is 0 Å². The molecule has 1 saturated heterocycles. The van der Waals surface area contributed by atoms with Gasteiger partial charge in [-0.15, -0.1) is 0 Å². The van der Waals surface area contributed by atoms with Crippen molar-refractivity contribution < 1.29 is 44.9 Å². The molecule has 0 aromatic carbocycles. The number of rotatable bonds is 3.